The number of ether oxygens (including phenoxy) is 1. The minimum atomic E-state index is -0.398. The van der Waals surface area contributed by atoms with Crippen molar-refractivity contribution in [2.45, 2.75) is 13.5 Å². The van der Waals surface area contributed by atoms with E-state index in [2.05, 4.69) is 15.8 Å². The number of carbonyl (C=O) groups is 1. The first-order chi connectivity index (χ1) is 9.58. The molecular formula is C13H15N3O4. The van der Waals surface area contributed by atoms with Crippen molar-refractivity contribution in [3.05, 3.63) is 35.6 Å². The largest absolute Gasteiger partial charge is 0.504 e. The standard InChI is InChI=1S/C13H15N3O4/c1-8-5-12(16-20-8)15-13(18)14-7-9-3-4-10(17)11(6-9)19-2/h3-6,17H,7H2,1-2H3,(H2,14,15,16,18). The van der Waals surface area contributed by atoms with Crippen LogP contribution in [0.1, 0.15) is 11.3 Å². The summed E-state index contributed by atoms with van der Waals surface area (Å²) in [6, 6.07) is 6.07. The SMILES string of the molecule is COc1cc(CNC(=O)Nc2cc(C)on2)ccc1O. The molecule has 0 bridgehead atoms. The molecule has 2 aromatic rings. The van der Waals surface area contributed by atoms with Crippen molar-refractivity contribution < 1.29 is 19.2 Å². The minimum Gasteiger partial charge on any atom is -0.504 e. The fourth-order valence-electron chi connectivity index (χ4n) is 1.60. The summed E-state index contributed by atoms with van der Waals surface area (Å²) in [7, 11) is 1.46. The van der Waals surface area contributed by atoms with E-state index >= 15 is 0 Å². The second kappa shape index (κ2) is 5.96. The molecule has 1 aromatic carbocycles. The van der Waals surface area contributed by atoms with Gasteiger partial charge in [-0.1, -0.05) is 11.2 Å². The number of anilines is 1. The number of amides is 2. The smallest absolute Gasteiger partial charge is 0.320 e. The molecular weight excluding hydrogens is 262 g/mol. The average Bonchev–Trinajstić information content (AvgIpc) is 2.83. The third kappa shape index (κ3) is 3.41. The molecule has 0 aliphatic heterocycles. The zero-order chi connectivity index (χ0) is 14.5. The maximum absolute atomic E-state index is 11.6. The molecule has 7 nitrogen and oxygen atoms in total. The summed E-state index contributed by atoms with van der Waals surface area (Å²) in [5.41, 5.74) is 0.797. The fraction of sp³-hybridized carbons (Fsp3) is 0.231. The number of carbonyl (C=O) groups excluding carboxylic acids is 1. The number of aryl methyl sites for hydroxylation is 1. The first kappa shape index (κ1) is 13.7. The van der Waals surface area contributed by atoms with Crippen LogP contribution >= 0.6 is 0 Å². The van der Waals surface area contributed by atoms with E-state index in [0.29, 0.717) is 23.9 Å². The van der Waals surface area contributed by atoms with Gasteiger partial charge in [-0.2, -0.15) is 0 Å². The van der Waals surface area contributed by atoms with Gasteiger partial charge in [-0.3, -0.25) is 5.32 Å². The van der Waals surface area contributed by atoms with Crippen LogP contribution in [-0.4, -0.2) is 23.4 Å². The maximum atomic E-state index is 11.6. The summed E-state index contributed by atoms with van der Waals surface area (Å²) in [6.45, 7) is 2.03. The summed E-state index contributed by atoms with van der Waals surface area (Å²) in [6.07, 6.45) is 0. The second-order valence-electron chi connectivity index (χ2n) is 4.14. The number of aromatic nitrogens is 1. The van der Waals surface area contributed by atoms with Crippen LogP contribution < -0.4 is 15.4 Å². The summed E-state index contributed by atoms with van der Waals surface area (Å²) in [5.74, 6) is 1.38. The molecule has 0 radical (unpaired) electrons. The van der Waals surface area contributed by atoms with Crippen LogP contribution in [0.3, 0.4) is 0 Å². The molecule has 0 aliphatic rings. The minimum absolute atomic E-state index is 0.0544. The number of urea groups is 1. The van der Waals surface area contributed by atoms with Gasteiger partial charge in [0.15, 0.2) is 17.3 Å². The molecule has 0 atom stereocenters. The molecule has 106 valence electrons. The Labute approximate surface area is 115 Å². The van der Waals surface area contributed by atoms with Gasteiger partial charge in [0.1, 0.15) is 5.76 Å². The first-order valence-electron chi connectivity index (χ1n) is 5.92. The molecule has 1 aromatic heterocycles. The Hall–Kier alpha value is -2.70. The number of hydrogen-bond donors (Lipinski definition) is 3. The summed E-state index contributed by atoms with van der Waals surface area (Å²) >= 11 is 0. The van der Waals surface area contributed by atoms with Crippen LogP contribution in [0.25, 0.3) is 0 Å². The van der Waals surface area contributed by atoms with Crippen molar-refractivity contribution in [3.63, 3.8) is 0 Å². The van der Waals surface area contributed by atoms with E-state index in [1.54, 1.807) is 25.1 Å². The lowest BCUT2D eigenvalue weighted by atomic mass is 10.2. The van der Waals surface area contributed by atoms with Crippen molar-refractivity contribution in [1.82, 2.24) is 10.5 Å². The molecule has 1 heterocycles. The number of benzene rings is 1. The highest BCUT2D eigenvalue weighted by molar-refractivity contribution is 5.88. The zero-order valence-electron chi connectivity index (χ0n) is 11.1. The van der Waals surface area contributed by atoms with Crippen LogP contribution in [0, 0.1) is 6.92 Å². The predicted octanol–water partition coefficient (Wildman–Crippen LogP) is 2.02. The van der Waals surface area contributed by atoms with Gasteiger partial charge in [-0.25, -0.2) is 4.79 Å². The predicted molar refractivity (Wildman–Crippen MR) is 71.8 cm³/mol. The number of methoxy groups -OCH3 is 1. The number of nitrogens with one attached hydrogen (secondary N) is 2. The first-order valence-corrected chi connectivity index (χ1v) is 5.92. The van der Waals surface area contributed by atoms with Gasteiger partial charge in [-0.15, -0.1) is 0 Å². The Morgan fingerprint density at radius 1 is 1.45 bits per heavy atom. The van der Waals surface area contributed by atoms with E-state index in [1.807, 2.05) is 0 Å². The fourth-order valence-corrected chi connectivity index (χ4v) is 1.60. The van der Waals surface area contributed by atoms with Gasteiger partial charge in [0, 0.05) is 12.6 Å². The van der Waals surface area contributed by atoms with Gasteiger partial charge in [0.25, 0.3) is 0 Å². The Bertz CT molecular complexity index is 609. The molecule has 2 rings (SSSR count). The Morgan fingerprint density at radius 3 is 2.90 bits per heavy atom. The lowest BCUT2D eigenvalue weighted by Gasteiger charge is -2.08. The van der Waals surface area contributed by atoms with Gasteiger partial charge >= 0.3 is 6.03 Å². The second-order valence-corrected chi connectivity index (χ2v) is 4.14. The van der Waals surface area contributed by atoms with E-state index in [1.165, 1.54) is 13.2 Å². The van der Waals surface area contributed by atoms with Crippen LogP contribution in [-0.2, 0) is 6.54 Å². The number of rotatable bonds is 4. The highest BCUT2D eigenvalue weighted by Crippen LogP contribution is 2.26. The number of hydrogen-bond acceptors (Lipinski definition) is 5. The van der Waals surface area contributed by atoms with E-state index < -0.39 is 6.03 Å². The molecule has 2 amide bonds. The highest BCUT2D eigenvalue weighted by atomic mass is 16.5. The van der Waals surface area contributed by atoms with Crippen LogP contribution in [0.2, 0.25) is 0 Å². The van der Waals surface area contributed by atoms with E-state index in [0.717, 1.165) is 5.56 Å². The van der Waals surface area contributed by atoms with E-state index in [9.17, 15) is 9.90 Å². The number of phenolic OH excluding ortho intramolecular Hbond substituents is 1. The third-order valence-electron chi connectivity index (χ3n) is 2.57. The quantitative estimate of drug-likeness (QED) is 0.794. The van der Waals surface area contributed by atoms with Crippen molar-refractivity contribution in [2.24, 2.45) is 0 Å². The number of phenols is 1. The summed E-state index contributed by atoms with van der Waals surface area (Å²) in [4.78, 5) is 11.6. The molecule has 0 unspecified atom stereocenters. The van der Waals surface area contributed by atoms with Crippen molar-refractivity contribution in [3.8, 4) is 11.5 Å². The monoisotopic (exact) mass is 277 g/mol. The molecule has 20 heavy (non-hydrogen) atoms. The molecule has 0 spiro atoms. The van der Waals surface area contributed by atoms with Gasteiger partial charge in [-0.05, 0) is 24.6 Å². The molecule has 0 fully saturated rings. The summed E-state index contributed by atoms with van der Waals surface area (Å²) in [5, 5.41) is 18.3. The average molecular weight is 277 g/mol. The topological polar surface area (TPSA) is 96.6 Å². The molecule has 0 aliphatic carbocycles. The Morgan fingerprint density at radius 2 is 2.25 bits per heavy atom. The molecule has 3 N–H and O–H groups in total. The van der Waals surface area contributed by atoms with Gasteiger partial charge in [0.2, 0.25) is 0 Å². The summed E-state index contributed by atoms with van der Waals surface area (Å²) < 4.78 is 9.82. The number of nitrogens with zero attached hydrogens (tertiary/aromatic N) is 1. The molecule has 0 saturated carbocycles. The highest BCUT2D eigenvalue weighted by Gasteiger charge is 2.07. The van der Waals surface area contributed by atoms with Crippen LogP contribution in [0.15, 0.2) is 28.8 Å². The van der Waals surface area contributed by atoms with Crippen LogP contribution in [0.5, 0.6) is 11.5 Å². The lowest BCUT2D eigenvalue weighted by Crippen LogP contribution is -2.28. The Balaban J connectivity index is 1.90. The van der Waals surface area contributed by atoms with Gasteiger partial charge < -0.3 is 19.7 Å². The third-order valence-corrected chi connectivity index (χ3v) is 2.57. The van der Waals surface area contributed by atoms with E-state index in [-0.39, 0.29) is 5.75 Å². The van der Waals surface area contributed by atoms with Crippen molar-refractivity contribution >= 4 is 11.8 Å². The van der Waals surface area contributed by atoms with Crippen LogP contribution in [0.4, 0.5) is 10.6 Å². The van der Waals surface area contributed by atoms with Gasteiger partial charge in [0.05, 0.1) is 7.11 Å². The maximum Gasteiger partial charge on any atom is 0.320 e. The van der Waals surface area contributed by atoms with Crippen molar-refractivity contribution in [1.29, 1.82) is 0 Å². The van der Waals surface area contributed by atoms with E-state index in [4.69, 9.17) is 9.26 Å². The zero-order valence-corrected chi connectivity index (χ0v) is 11.1. The normalized spacial score (nSPS) is 10.1. The Kier molecular flexibility index (Phi) is 4.09. The molecule has 7 heteroatoms. The molecule has 0 saturated heterocycles. The lowest BCUT2D eigenvalue weighted by molar-refractivity contribution is 0.251. The number of aromatic hydroxyl groups is 1. The van der Waals surface area contributed by atoms with Crippen molar-refractivity contribution in [2.75, 3.05) is 12.4 Å².